The van der Waals surface area contributed by atoms with Gasteiger partial charge in [0.25, 0.3) is 5.91 Å². The summed E-state index contributed by atoms with van der Waals surface area (Å²) in [7, 11) is 0. The van der Waals surface area contributed by atoms with Crippen molar-refractivity contribution < 1.29 is 24.3 Å². The van der Waals surface area contributed by atoms with E-state index < -0.39 is 35.8 Å². The molecule has 2 rings (SSSR count). The molecule has 0 bridgehead atoms. The first-order chi connectivity index (χ1) is 13.4. The van der Waals surface area contributed by atoms with Crippen molar-refractivity contribution in [3.8, 4) is 0 Å². The molecule has 1 heterocycles. The van der Waals surface area contributed by atoms with Gasteiger partial charge < -0.3 is 21.5 Å². The maximum absolute atomic E-state index is 12.8. The number of carboxylic acids is 1. The summed E-state index contributed by atoms with van der Waals surface area (Å²) >= 11 is 0. The van der Waals surface area contributed by atoms with E-state index in [0.717, 1.165) is 32.1 Å². The van der Waals surface area contributed by atoms with Gasteiger partial charge in [-0.3, -0.25) is 19.4 Å². The fourth-order valence-corrected chi connectivity index (χ4v) is 3.30. The molecule has 1 fully saturated rings. The van der Waals surface area contributed by atoms with Crippen LogP contribution in [0.4, 0.5) is 0 Å². The second-order valence-corrected chi connectivity index (χ2v) is 6.84. The van der Waals surface area contributed by atoms with Gasteiger partial charge in [-0.25, -0.2) is 9.78 Å². The summed E-state index contributed by atoms with van der Waals surface area (Å²) in [5, 5.41) is 14.4. The average molecular weight is 391 g/mol. The van der Waals surface area contributed by atoms with Crippen molar-refractivity contribution in [1.82, 2.24) is 20.6 Å². The third kappa shape index (κ3) is 6.29. The van der Waals surface area contributed by atoms with Crippen LogP contribution >= 0.6 is 0 Å². The molecule has 1 aromatic rings. The van der Waals surface area contributed by atoms with Gasteiger partial charge in [-0.1, -0.05) is 19.3 Å². The van der Waals surface area contributed by atoms with Crippen LogP contribution in [0.3, 0.4) is 0 Å². The van der Waals surface area contributed by atoms with Crippen LogP contribution in [0, 0.1) is 5.92 Å². The number of hydrogen-bond acceptors (Lipinski definition) is 6. The van der Waals surface area contributed by atoms with Gasteiger partial charge in [0.1, 0.15) is 17.8 Å². The minimum atomic E-state index is -1.27. The molecule has 2 unspecified atom stereocenters. The smallest absolute Gasteiger partial charge is 0.326 e. The maximum Gasteiger partial charge on any atom is 0.326 e. The molecule has 152 valence electrons. The van der Waals surface area contributed by atoms with Gasteiger partial charge in [0.2, 0.25) is 11.8 Å². The highest BCUT2D eigenvalue weighted by Gasteiger charge is 2.33. The van der Waals surface area contributed by atoms with Gasteiger partial charge in [-0.05, 0) is 25.2 Å². The number of amides is 3. The topological polar surface area (TPSA) is 164 Å². The SMILES string of the molecule is NC(=O)CCC(NC(=O)C(NC(=O)c1cnccn1)C1CCCCC1)C(=O)O. The summed E-state index contributed by atoms with van der Waals surface area (Å²) in [6, 6.07) is -2.16. The van der Waals surface area contributed by atoms with E-state index in [4.69, 9.17) is 5.73 Å². The number of nitrogens with one attached hydrogen (secondary N) is 2. The number of carbonyl (C=O) groups excluding carboxylic acids is 3. The zero-order valence-corrected chi connectivity index (χ0v) is 15.5. The highest BCUT2D eigenvalue weighted by Crippen LogP contribution is 2.27. The van der Waals surface area contributed by atoms with E-state index in [1.807, 2.05) is 0 Å². The summed E-state index contributed by atoms with van der Waals surface area (Å²) in [6.45, 7) is 0. The number of carboxylic acid groups (broad SMARTS) is 1. The Morgan fingerprint density at radius 2 is 1.86 bits per heavy atom. The fraction of sp³-hybridized carbons (Fsp3) is 0.556. The zero-order valence-electron chi connectivity index (χ0n) is 15.5. The second kappa shape index (κ2) is 10.3. The third-order valence-electron chi connectivity index (χ3n) is 4.78. The molecule has 10 heteroatoms. The first kappa shape index (κ1) is 21.3. The van der Waals surface area contributed by atoms with Crippen LogP contribution in [0.1, 0.15) is 55.4 Å². The Balaban J connectivity index is 2.12. The van der Waals surface area contributed by atoms with Crippen molar-refractivity contribution >= 4 is 23.7 Å². The van der Waals surface area contributed by atoms with Crippen LogP contribution in [0.5, 0.6) is 0 Å². The van der Waals surface area contributed by atoms with E-state index in [-0.39, 0.29) is 24.5 Å². The number of nitrogens with zero attached hydrogens (tertiary/aromatic N) is 2. The number of nitrogens with two attached hydrogens (primary N) is 1. The highest BCUT2D eigenvalue weighted by atomic mass is 16.4. The summed E-state index contributed by atoms with van der Waals surface area (Å²) in [4.78, 5) is 55.4. The van der Waals surface area contributed by atoms with E-state index in [2.05, 4.69) is 20.6 Å². The lowest BCUT2D eigenvalue weighted by Gasteiger charge is -2.30. The molecule has 0 aromatic carbocycles. The first-order valence-corrected chi connectivity index (χ1v) is 9.27. The van der Waals surface area contributed by atoms with E-state index in [9.17, 15) is 24.3 Å². The van der Waals surface area contributed by atoms with E-state index in [1.165, 1.54) is 18.6 Å². The Labute approximate surface area is 162 Å². The number of hydrogen-bond donors (Lipinski definition) is 4. The van der Waals surface area contributed by atoms with E-state index >= 15 is 0 Å². The molecule has 10 nitrogen and oxygen atoms in total. The van der Waals surface area contributed by atoms with Crippen LogP contribution in [0.15, 0.2) is 18.6 Å². The minimum absolute atomic E-state index is 0.0691. The summed E-state index contributed by atoms with van der Waals surface area (Å²) < 4.78 is 0. The van der Waals surface area contributed by atoms with Crippen LogP contribution in [0.2, 0.25) is 0 Å². The molecule has 0 saturated heterocycles. The van der Waals surface area contributed by atoms with Crippen molar-refractivity contribution in [3.05, 3.63) is 24.3 Å². The molecule has 0 radical (unpaired) electrons. The fourth-order valence-electron chi connectivity index (χ4n) is 3.30. The van der Waals surface area contributed by atoms with Gasteiger partial charge >= 0.3 is 5.97 Å². The number of rotatable bonds is 9. The molecule has 1 aliphatic carbocycles. The Hall–Kier alpha value is -3.04. The molecule has 0 spiro atoms. The lowest BCUT2D eigenvalue weighted by atomic mass is 9.83. The molecule has 1 aromatic heterocycles. The van der Waals surface area contributed by atoms with E-state index in [0.29, 0.717) is 0 Å². The van der Waals surface area contributed by atoms with Crippen molar-refractivity contribution in [1.29, 1.82) is 0 Å². The summed E-state index contributed by atoms with van der Waals surface area (Å²) in [5.74, 6) is -3.18. The van der Waals surface area contributed by atoms with Crippen LogP contribution in [-0.2, 0) is 14.4 Å². The third-order valence-corrected chi connectivity index (χ3v) is 4.78. The molecule has 2 atom stereocenters. The van der Waals surface area contributed by atoms with Crippen molar-refractivity contribution in [3.63, 3.8) is 0 Å². The zero-order chi connectivity index (χ0) is 20.5. The van der Waals surface area contributed by atoms with Crippen molar-refractivity contribution in [2.75, 3.05) is 0 Å². The highest BCUT2D eigenvalue weighted by molar-refractivity contribution is 5.96. The van der Waals surface area contributed by atoms with Gasteiger partial charge in [0.15, 0.2) is 0 Å². The minimum Gasteiger partial charge on any atom is -0.480 e. The predicted octanol–water partition coefficient (Wildman–Crippen LogP) is -0.00980. The van der Waals surface area contributed by atoms with Gasteiger partial charge in [-0.2, -0.15) is 0 Å². The van der Waals surface area contributed by atoms with E-state index in [1.54, 1.807) is 0 Å². The normalized spacial score (nSPS) is 16.6. The van der Waals surface area contributed by atoms with Crippen LogP contribution in [-0.4, -0.2) is 50.8 Å². The van der Waals surface area contributed by atoms with Gasteiger partial charge in [-0.15, -0.1) is 0 Å². The number of aliphatic carboxylic acids is 1. The van der Waals surface area contributed by atoms with Gasteiger partial charge in [0.05, 0.1) is 6.20 Å². The quantitative estimate of drug-likeness (QED) is 0.459. The molecule has 1 aliphatic rings. The molecule has 5 N–H and O–H groups in total. The lowest BCUT2D eigenvalue weighted by Crippen LogP contribution is -2.55. The number of primary amides is 1. The molecule has 28 heavy (non-hydrogen) atoms. The summed E-state index contributed by atoms with van der Waals surface area (Å²) in [5.41, 5.74) is 5.13. The lowest BCUT2D eigenvalue weighted by molar-refractivity contribution is -0.142. The second-order valence-electron chi connectivity index (χ2n) is 6.84. The average Bonchev–Trinajstić information content (AvgIpc) is 2.69. The Morgan fingerprint density at radius 1 is 1.14 bits per heavy atom. The maximum atomic E-state index is 12.8. The van der Waals surface area contributed by atoms with Gasteiger partial charge in [0, 0.05) is 18.8 Å². The standard InChI is InChI=1S/C18H25N5O5/c19-14(24)7-6-12(18(27)28)22-17(26)15(11-4-2-1-3-5-11)23-16(25)13-10-20-8-9-21-13/h8-12,15H,1-7H2,(H2,19,24)(H,22,26)(H,23,25)(H,27,28). The first-order valence-electron chi connectivity index (χ1n) is 9.27. The number of aromatic nitrogens is 2. The molecule has 0 aliphatic heterocycles. The van der Waals surface area contributed by atoms with Crippen LogP contribution < -0.4 is 16.4 Å². The monoisotopic (exact) mass is 391 g/mol. The largest absolute Gasteiger partial charge is 0.480 e. The molecular formula is C18H25N5O5. The Morgan fingerprint density at radius 3 is 2.43 bits per heavy atom. The molecular weight excluding hydrogens is 366 g/mol. The Kier molecular flexibility index (Phi) is 7.85. The summed E-state index contributed by atoms with van der Waals surface area (Å²) in [6.07, 6.45) is 8.21. The predicted molar refractivity (Wildman–Crippen MR) is 97.9 cm³/mol. The Bertz CT molecular complexity index is 706. The molecule has 3 amide bonds. The molecule has 1 saturated carbocycles. The van der Waals surface area contributed by atoms with Crippen LogP contribution in [0.25, 0.3) is 0 Å². The van der Waals surface area contributed by atoms with Crippen molar-refractivity contribution in [2.45, 2.75) is 57.0 Å². The number of carbonyl (C=O) groups is 4. The van der Waals surface area contributed by atoms with Crippen molar-refractivity contribution in [2.24, 2.45) is 11.7 Å².